The highest BCUT2D eigenvalue weighted by atomic mass is 32.1. The SMILES string of the molecule is CCC(C)N(C)C(=O)c1sc2cc(OC)ccc2c1N. The lowest BCUT2D eigenvalue weighted by Gasteiger charge is -2.23. The van der Waals surface area contributed by atoms with E-state index in [0.717, 1.165) is 22.3 Å². The highest BCUT2D eigenvalue weighted by Gasteiger charge is 2.22. The number of amides is 1. The summed E-state index contributed by atoms with van der Waals surface area (Å²) in [5.41, 5.74) is 6.70. The number of anilines is 1. The maximum absolute atomic E-state index is 12.5. The Balaban J connectivity index is 2.44. The van der Waals surface area contributed by atoms with Crippen LogP contribution in [0.1, 0.15) is 29.9 Å². The van der Waals surface area contributed by atoms with Gasteiger partial charge in [-0.2, -0.15) is 0 Å². The molecule has 0 fully saturated rings. The summed E-state index contributed by atoms with van der Waals surface area (Å²) in [6.45, 7) is 4.10. The van der Waals surface area contributed by atoms with Gasteiger partial charge in [-0.1, -0.05) is 6.92 Å². The summed E-state index contributed by atoms with van der Waals surface area (Å²) in [4.78, 5) is 14.9. The second-order valence-electron chi connectivity index (χ2n) is 4.88. The zero-order valence-corrected chi connectivity index (χ0v) is 13.1. The first-order valence-electron chi connectivity index (χ1n) is 6.62. The van der Waals surface area contributed by atoms with E-state index in [4.69, 9.17) is 10.5 Å². The van der Waals surface area contributed by atoms with Crippen LogP contribution in [0.4, 0.5) is 5.69 Å². The molecule has 0 aliphatic carbocycles. The fourth-order valence-electron chi connectivity index (χ4n) is 2.02. The summed E-state index contributed by atoms with van der Waals surface area (Å²) in [5, 5.41) is 0.914. The van der Waals surface area contributed by atoms with E-state index in [1.54, 1.807) is 12.0 Å². The molecule has 2 rings (SSSR count). The molecule has 2 N–H and O–H groups in total. The van der Waals surface area contributed by atoms with Crippen molar-refractivity contribution in [1.82, 2.24) is 4.90 Å². The van der Waals surface area contributed by atoms with Crippen LogP contribution in [0.15, 0.2) is 18.2 Å². The van der Waals surface area contributed by atoms with Gasteiger partial charge < -0.3 is 15.4 Å². The third-order valence-electron chi connectivity index (χ3n) is 3.70. The molecular formula is C15H20N2O2S. The summed E-state index contributed by atoms with van der Waals surface area (Å²) < 4.78 is 6.18. The van der Waals surface area contributed by atoms with E-state index in [-0.39, 0.29) is 11.9 Å². The van der Waals surface area contributed by atoms with Gasteiger partial charge in [0, 0.05) is 23.2 Å². The molecule has 1 amide bonds. The number of nitrogens with two attached hydrogens (primary N) is 1. The molecule has 0 spiro atoms. The minimum atomic E-state index is -0.0167. The molecule has 1 heterocycles. The zero-order chi connectivity index (χ0) is 14.9. The Hall–Kier alpha value is -1.75. The Kier molecular flexibility index (Phi) is 4.18. The second-order valence-corrected chi connectivity index (χ2v) is 5.93. The molecule has 1 unspecified atom stereocenters. The molecule has 0 saturated heterocycles. The molecule has 0 radical (unpaired) electrons. The van der Waals surface area contributed by atoms with Crippen molar-refractivity contribution in [3.63, 3.8) is 0 Å². The van der Waals surface area contributed by atoms with E-state index in [2.05, 4.69) is 6.92 Å². The average molecular weight is 292 g/mol. The van der Waals surface area contributed by atoms with Crippen molar-refractivity contribution < 1.29 is 9.53 Å². The Morgan fingerprint density at radius 3 is 2.80 bits per heavy atom. The van der Waals surface area contributed by atoms with Gasteiger partial charge in [0.15, 0.2) is 0 Å². The molecule has 0 aliphatic rings. The molecule has 1 aromatic heterocycles. The van der Waals surface area contributed by atoms with E-state index < -0.39 is 0 Å². The van der Waals surface area contributed by atoms with Gasteiger partial charge in [0.1, 0.15) is 10.6 Å². The Morgan fingerprint density at radius 2 is 2.20 bits per heavy atom. The van der Waals surface area contributed by atoms with Crippen molar-refractivity contribution in [1.29, 1.82) is 0 Å². The maximum atomic E-state index is 12.5. The van der Waals surface area contributed by atoms with Gasteiger partial charge in [-0.3, -0.25) is 4.79 Å². The lowest BCUT2D eigenvalue weighted by molar-refractivity contribution is 0.0746. The molecule has 0 bridgehead atoms. The fraction of sp³-hybridized carbons (Fsp3) is 0.400. The van der Waals surface area contributed by atoms with Gasteiger partial charge in [0.05, 0.1) is 12.8 Å². The summed E-state index contributed by atoms with van der Waals surface area (Å²) >= 11 is 1.42. The summed E-state index contributed by atoms with van der Waals surface area (Å²) in [5.74, 6) is 0.755. The van der Waals surface area contributed by atoms with Crippen LogP contribution < -0.4 is 10.5 Å². The number of nitrogen functional groups attached to an aromatic ring is 1. The minimum absolute atomic E-state index is 0.0167. The quantitative estimate of drug-likeness (QED) is 0.940. The summed E-state index contributed by atoms with van der Waals surface area (Å²) in [7, 11) is 3.45. The molecule has 1 aromatic carbocycles. The van der Waals surface area contributed by atoms with Crippen molar-refractivity contribution in [3.05, 3.63) is 23.1 Å². The predicted molar refractivity (Wildman–Crippen MR) is 84.6 cm³/mol. The molecule has 4 nitrogen and oxygen atoms in total. The Labute approximate surface area is 123 Å². The third kappa shape index (κ3) is 2.45. The number of fused-ring (bicyclic) bond motifs is 1. The van der Waals surface area contributed by atoms with Crippen LogP contribution >= 0.6 is 11.3 Å². The van der Waals surface area contributed by atoms with Gasteiger partial charge in [0.2, 0.25) is 0 Å². The van der Waals surface area contributed by atoms with Crippen molar-refractivity contribution in [3.8, 4) is 5.75 Å². The molecule has 0 aliphatic heterocycles. The number of thiophene rings is 1. The average Bonchev–Trinajstić information content (AvgIpc) is 2.81. The lowest BCUT2D eigenvalue weighted by Crippen LogP contribution is -2.34. The molecule has 1 atom stereocenters. The van der Waals surface area contributed by atoms with Gasteiger partial charge in [-0.15, -0.1) is 11.3 Å². The van der Waals surface area contributed by atoms with Gasteiger partial charge in [0.25, 0.3) is 5.91 Å². The Morgan fingerprint density at radius 1 is 1.50 bits per heavy atom. The highest BCUT2D eigenvalue weighted by Crippen LogP contribution is 2.36. The largest absolute Gasteiger partial charge is 0.497 e. The first-order valence-corrected chi connectivity index (χ1v) is 7.44. The first-order chi connectivity index (χ1) is 9.49. The van der Waals surface area contributed by atoms with Gasteiger partial charge in [-0.25, -0.2) is 0 Å². The third-order valence-corrected chi connectivity index (χ3v) is 4.86. The van der Waals surface area contributed by atoms with Crippen molar-refractivity contribution in [2.24, 2.45) is 0 Å². The van der Waals surface area contributed by atoms with E-state index >= 15 is 0 Å². The van der Waals surface area contributed by atoms with Crippen LogP contribution in [0, 0.1) is 0 Å². The molecule has 20 heavy (non-hydrogen) atoms. The van der Waals surface area contributed by atoms with Crippen LogP contribution in [0.25, 0.3) is 10.1 Å². The van der Waals surface area contributed by atoms with Crippen molar-refractivity contribution in [2.45, 2.75) is 26.3 Å². The number of benzene rings is 1. The van der Waals surface area contributed by atoms with E-state index in [1.165, 1.54) is 11.3 Å². The first kappa shape index (κ1) is 14.7. The number of rotatable bonds is 4. The maximum Gasteiger partial charge on any atom is 0.266 e. The van der Waals surface area contributed by atoms with E-state index in [0.29, 0.717) is 10.6 Å². The molecule has 2 aromatic rings. The van der Waals surface area contributed by atoms with Crippen LogP contribution in [0.3, 0.4) is 0 Å². The minimum Gasteiger partial charge on any atom is -0.497 e. The molecule has 5 heteroatoms. The van der Waals surface area contributed by atoms with Crippen LogP contribution in [0.5, 0.6) is 5.75 Å². The van der Waals surface area contributed by atoms with E-state index in [1.807, 2.05) is 32.2 Å². The molecular weight excluding hydrogens is 272 g/mol. The van der Waals surface area contributed by atoms with Gasteiger partial charge >= 0.3 is 0 Å². The second kappa shape index (κ2) is 5.71. The number of methoxy groups -OCH3 is 1. The zero-order valence-electron chi connectivity index (χ0n) is 12.3. The molecule has 0 saturated carbocycles. The number of ether oxygens (including phenoxy) is 1. The van der Waals surface area contributed by atoms with Crippen LogP contribution in [-0.4, -0.2) is 31.0 Å². The number of nitrogens with zero attached hydrogens (tertiary/aromatic N) is 1. The monoisotopic (exact) mass is 292 g/mol. The van der Waals surface area contributed by atoms with Crippen LogP contribution in [0.2, 0.25) is 0 Å². The van der Waals surface area contributed by atoms with Crippen molar-refractivity contribution >= 4 is 33.0 Å². The van der Waals surface area contributed by atoms with Crippen molar-refractivity contribution in [2.75, 3.05) is 19.9 Å². The summed E-state index contributed by atoms with van der Waals surface area (Å²) in [6.07, 6.45) is 0.918. The van der Waals surface area contributed by atoms with Gasteiger partial charge in [-0.05, 0) is 31.5 Å². The highest BCUT2D eigenvalue weighted by molar-refractivity contribution is 7.21. The standard InChI is InChI=1S/C15H20N2O2S/c1-5-9(2)17(3)15(18)14-13(16)11-7-6-10(19-4)8-12(11)20-14/h6-9H,5,16H2,1-4H3. The fourth-order valence-corrected chi connectivity index (χ4v) is 3.15. The molecule has 108 valence electrons. The topological polar surface area (TPSA) is 55.6 Å². The number of hydrogen-bond donors (Lipinski definition) is 1. The Bertz CT molecular complexity index is 636. The predicted octanol–water partition coefficient (Wildman–Crippen LogP) is 3.36. The van der Waals surface area contributed by atoms with Crippen LogP contribution in [-0.2, 0) is 0 Å². The smallest absolute Gasteiger partial charge is 0.266 e. The lowest BCUT2D eigenvalue weighted by atomic mass is 10.2. The number of carbonyl (C=O) groups excluding carboxylic acids is 1. The number of carbonyl (C=O) groups is 1. The number of hydrogen-bond acceptors (Lipinski definition) is 4. The normalized spacial score (nSPS) is 12.4. The summed E-state index contributed by atoms with van der Waals surface area (Å²) in [6, 6.07) is 5.87. The van der Waals surface area contributed by atoms with E-state index in [9.17, 15) is 4.79 Å².